The highest BCUT2D eigenvalue weighted by molar-refractivity contribution is 14.1. The molecule has 0 aliphatic heterocycles. The first-order valence-electron chi connectivity index (χ1n) is 6.89. The maximum Gasteiger partial charge on any atom is 0.0292 e. The van der Waals surface area contributed by atoms with Gasteiger partial charge in [0.2, 0.25) is 0 Å². The van der Waals surface area contributed by atoms with Gasteiger partial charge in [0, 0.05) is 20.3 Å². The Balaban J connectivity index is 1.99. The quantitative estimate of drug-likeness (QED) is 0.528. The summed E-state index contributed by atoms with van der Waals surface area (Å²) in [5.41, 5.74) is 2.74. The summed E-state index contributed by atoms with van der Waals surface area (Å²) in [6.07, 6.45) is 0. The van der Waals surface area contributed by atoms with Crippen molar-refractivity contribution in [1.82, 2.24) is 5.32 Å². The third kappa shape index (κ3) is 4.79. The Kier molecular flexibility index (Phi) is 6.39. The first-order valence-corrected chi connectivity index (χ1v) is 8.96. The van der Waals surface area contributed by atoms with Crippen LogP contribution in [-0.2, 0) is 5.75 Å². The first kappa shape index (κ1) is 15.9. The molecule has 0 aliphatic carbocycles. The molecule has 1 atom stereocenters. The predicted octanol–water partition coefficient (Wildman–Crippen LogP) is 5.25. The van der Waals surface area contributed by atoms with Gasteiger partial charge in [0.15, 0.2) is 0 Å². The fourth-order valence-electron chi connectivity index (χ4n) is 2.05. The third-order valence-corrected chi connectivity index (χ3v) is 4.97. The normalized spacial score (nSPS) is 12.3. The van der Waals surface area contributed by atoms with Crippen molar-refractivity contribution in [2.24, 2.45) is 0 Å². The smallest absolute Gasteiger partial charge is 0.0292 e. The number of nitrogens with one attached hydrogen (secondary N) is 1. The molecule has 2 rings (SSSR count). The summed E-state index contributed by atoms with van der Waals surface area (Å²) < 4.78 is 1.29. The minimum absolute atomic E-state index is 0.416. The molecule has 0 amide bonds. The van der Waals surface area contributed by atoms with E-state index in [0.717, 1.165) is 12.3 Å². The van der Waals surface area contributed by atoms with Gasteiger partial charge in [0.05, 0.1) is 0 Å². The molecule has 2 aromatic rings. The van der Waals surface area contributed by atoms with E-state index in [9.17, 15) is 0 Å². The van der Waals surface area contributed by atoms with E-state index in [1.165, 1.54) is 19.6 Å². The van der Waals surface area contributed by atoms with E-state index in [1.54, 1.807) is 0 Å². The molecule has 0 bridgehead atoms. The Morgan fingerprint density at radius 2 is 1.90 bits per heavy atom. The van der Waals surface area contributed by atoms with Crippen LogP contribution in [0.1, 0.15) is 31.0 Å². The third-order valence-electron chi connectivity index (χ3n) is 3.19. The lowest BCUT2D eigenvalue weighted by Gasteiger charge is -2.13. The van der Waals surface area contributed by atoms with Gasteiger partial charge in [-0.1, -0.05) is 31.2 Å². The SMILES string of the molecule is CCNC(C)c1cccc(SCc2ccc(I)cc2)c1. The van der Waals surface area contributed by atoms with Crippen LogP contribution in [0.2, 0.25) is 0 Å². The van der Waals surface area contributed by atoms with E-state index in [4.69, 9.17) is 0 Å². The Hall–Kier alpha value is -0.520. The van der Waals surface area contributed by atoms with Crippen LogP contribution in [0.25, 0.3) is 0 Å². The molecule has 20 heavy (non-hydrogen) atoms. The maximum absolute atomic E-state index is 3.46. The van der Waals surface area contributed by atoms with Crippen LogP contribution in [0.4, 0.5) is 0 Å². The monoisotopic (exact) mass is 397 g/mol. The molecule has 0 spiro atoms. The van der Waals surface area contributed by atoms with E-state index >= 15 is 0 Å². The highest BCUT2D eigenvalue weighted by atomic mass is 127. The largest absolute Gasteiger partial charge is 0.310 e. The molecule has 0 saturated carbocycles. The van der Waals surface area contributed by atoms with Gasteiger partial charge >= 0.3 is 0 Å². The summed E-state index contributed by atoms with van der Waals surface area (Å²) in [4.78, 5) is 1.34. The summed E-state index contributed by atoms with van der Waals surface area (Å²) in [5.74, 6) is 1.02. The second-order valence-corrected chi connectivity index (χ2v) is 7.06. The number of hydrogen-bond donors (Lipinski definition) is 1. The Labute approximate surface area is 139 Å². The average molecular weight is 397 g/mol. The first-order chi connectivity index (χ1) is 9.69. The van der Waals surface area contributed by atoms with Crippen molar-refractivity contribution in [2.75, 3.05) is 6.54 Å². The summed E-state index contributed by atoms with van der Waals surface area (Å²) >= 11 is 4.24. The molecular formula is C17H20INS. The highest BCUT2D eigenvalue weighted by Gasteiger charge is 2.04. The van der Waals surface area contributed by atoms with Gasteiger partial charge in [0.1, 0.15) is 0 Å². The van der Waals surface area contributed by atoms with Crippen LogP contribution in [0, 0.1) is 3.57 Å². The van der Waals surface area contributed by atoms with E-state index < -0.39 is 0 Å². The van der Waals surface area contributed by atoms with Gasteiger partial charge in [-0.15, -0.1) is 11.8 Å². The molecule has 0 saturated heterocycles. The lowest BCUT2D eigenvalue weighted by atomic mass is 10.1. The number of thioether (sulfide) groups is 1. The molecule has 1 unspecified atom stereocenters. The molecular weight excluding hydrogens is 377 g/mol. The summed E-state index contributed by atoms with van der Waals surface area (Å²) in [5, 5.41) is 3.46. The van der Waals surface area contributed by atoms with Crippen molar-refractivity contribution in [1.29, 1.82) is 0 Å². The van der Waals surface area contributed by atoms with Crippen molar-refractivity contribution >= 4 is 34.4 Å². The van der Waals surface area contributed by atoms with Crippen molar-refractivity contribution in [3.05, 3.63) is 63.2 Å². The van der Waals surface area contributed by atoms with Gasteiger partial charge in [-0.3, -0.25) is 0 Å². The van der Waals surface area contributed by atoms with Crippen LogP contribution in [0.3, 0.4) is 0 Å². The molecule has 3 heteroatoms. The van der Waals surface area contributed by atoms with Gasteiger partial charge in [-0.2, -0.15) is 0 Å². The van der Waals surface area contributed by atoms with E-state index in [-0.39, 0.29) is 0 Å². The van der Waals surface area contributed by atoms with Gasteiger partial charge in [0.25, 0.3) is 0 Å². The standard InChI is InChI=1S/C17H20INS/c1-3-19-13(2)15-5-4-6-17(11-15)20-12-14-7-9-16(18)10-8-14/h4-11,13,19H,3,12H2,1-2H3. The van der Waals surface area contributed by atoms with Crippen LogP contribution in [0.5, 0.6) is 0 Å². The van der Waals surface area contributed by atoms with E-state index in [1.807, 2.05) is 11.8 Å². The van der Waals surface area contributed by atoms with E-state index in [2.05, 4.69) is 90.3 Å². The molecule has 0 radical (unpaired) electrons. The zero-order valence-corrected chi connectivity index (χ0v) is 14.9. The van der Waals surface area contributed by atoms with Crippen LogP contribution < -0.4 is 5.32 Å². The van der Waals surface area contributed by atoms with Crippen molar-refractivity contribution in [3.63, 3.8) is 0 Å². The highest BCUT2D eigenvalue weighted by Crippen LogP contribution is 2.25. The fourth-order valence-corrected chi connectivity index (χ4v) is 3.32. The number of halogens is 1. The Bertz CT molecular complexity index is 539. The number of benzene rings is 2. The predicted molar refractivity (Wildman–Crippen MR) is 97.3 cm³/mol. The minimum atomic E-state index is 0.416. The second-order valence-electron chi connectivity index (χ2n) is 4.77. The van der Waals surface area contributed by atoms with Crippen LogP contribution in [-0.4, -0.2) is 6.54 Å². The maximum atomic E-state index is 3.46. The molecule has 0 aromatic heterocycles. The molecule has 0 heterocycles. The summed E-state index contributed by atoms with van der Waals surface area (Å²) in [6, 6.07) is 18.0. The van der Waals surface area contributed by atoms with Crippen molar-refractivity contribution < 1.29 is 0 Å². The van der Waals surface area contributed by atoms with E-state index in [0.29, 0.717) is 6.04 Å². The molecule has 2 aromatic carbocycles. The van der Waals surface area contributed by atoms with Crippen LogP contribution >= 0.6 is 34.4 Å². The van der Waals surface area contributed by atoms with Crippen molar-refractivity contribution in [3.8, 4) is 0 Å². The summed E-state index contributed by atoms with van der Waals surface area (Å²) in [6.45, 7) is 5.36. The van der Waals surface area contributed by atoms with Crippen LogP contribution in [0.15, 0.2) is 53.4 Å². The summed E-state index contributed by atoms with van der Waals surface area (Å²) in [7, 11) is 0. The number of rotatable bonds is 6. The second kappa shape index (κ2) is 8.05. The average Bonchev–Trinajstić information content (AvgIpc) is 2.47. The van der Waals surface area contributed by atoms with Gasteiger partial charge in [-0.05, 0) is 71.5 Å². The molecule has 0 fully saturated rings. The van der Waals surface area contributed by atoms with Gasteiger partial charge in [-0.25, -0.2) is 0 Å². The number of hydrogen-bond acceptors (Lipinski definition) is 2. The molecule has 0 aliphatic rings. The lowest BCUT2D eigenvalue weighted by Crippen LogP contribution is -2.17. The fraction of sp³-hybridized carbons (Fsp3) is 0.294. The van der Waals surface area contributed by atoms with Crippen molar-refractivity contribution in [2.45, 2.75) is 30.5 Å². The molecule has 106 valence electrons. The zero-order chi connectivity index (χ0) is 14.4. The molecule has 1 nitrogen and oxygen atoms in total. The minimum Gasteiger partial charge on any atom is -0.310 e. The Morgan fingerprint density at radius 3 is 2.60 bits per heavy atom. The lowest BCUT2D eigenvalue weighted by molar-refractivity contribution is 0.597. The zero-order valence-electron chi connectivity index (χ0n) is 11.9. The topological polar surface area (TPSA) is 12.0 Å². The van der Waals surface area contributed by atoms with Gasteiger partial charge < -0.3 is 5.32 Å². The Morgan fingerprint density at radius 1 is 1.15 bits per heavy atom. The molecule has 1 N–H and O–H groups in total.